The van der Waals surface area contributed by atoms with Gasteiger partial charge in [0.15, 0.2) is 5.76 Å². The first kappa shape index (κ1) is 22.3. The monoisotopic (exact) mass is 468 g/mol. The number of carbonyl (C=O) groups excluding carboxylic acids is 2. The van der Waals surface area contributed by atoms with Gasteiger partial charge in [0.2, 0.25) is 0 Å². The molecule has 0 aliphatic carbocycles. The minimum atomic E-state index is -0.800. The summed E-state index contributed by atoms with van der Waals surface area (Å²) >= 11 is 0. The molecule has 1 aliphatic heterocycles. The highest BCUT2D eigenvalue weighted by molar-refractivity contribution is 6.46. The molecule has 176 valence electrons. The van der Waals surface area contributed by atoms with Crippen molar-refractivity contribution in [2.24, 2.45) is 0 Å². The number of ketones is 1. The highest BCUT2D eigenvalue weighted by Crippen LogP contribution is 2.41. The fourth-order valence-electron chi connectivity index (χ4n) is 4.54. The normalized spacial score (nSPS) is 17.3. The molecule has 1 N–H and O–H groups in total. The van der Waals surface area contributed by atoms with Crippen molar-refractivity contribution in [3.63, 3.8) is 0 Å². The third kappa shape index (κ3) is 3.73. The molecule has 0 bridgehead atoms. The number of ether oxygens (including phenoxy) is 1. The summed E-state index contributed by atoms with van der Waals surface area (Å²) in [6.07, 6.45) is 5.15. The van der Waals surface area contributed by atoms with Gasteiger partial charge in [-0.05, 0) is 54.8 Å². The van der Waals surface area contributed by atoms with Crippen molar-refractivity contribution in [1.29, 1.82) is 0 Å². The summed E-state index contributed by atoms with van der Waals surface area (Å²) in [7, 11) is 1.57. The van der Waals surface area contributed by atoms with E-state index in [9.17, 15) is 14.7 Å². The molecule has 1 aromatic carbocycles. The zero-order chi connectivity index (χ0) is 24.7. The van der Waals surface area contributed by atoms with E-state index in [-0.39, 0.29) is 23.6 Å². The number of carbonyl (C=O) groups is 2. The zero-order valence-corrected chi connectivity index (χ0v) is 19.6. The molecule has 3 aromatic heterocycles. The van der Waals surface area contributed by atoms with Crippen molar-refractivity contribution in [2.75, 3.05) is 7.11 Å². The van der Waals surface area contributed by atoms with Gasteiger partial charge in [-0.3, -0.25) is 14.6 Å². The lowest BCUT2D eigenvalue weighted by Gasteiger charge is -2.25. The SMILES string of the molecule is COc1ccc(C2C(=C(O)c3nc4c(C)cccn4c3C)C(=O)C(=O)N2Cc2cccnc2)cc1. The van der Waals surface area contributed by atoms with E-state index in [1.165, 1.54) is 4.90 Å². The first-order valence-electron chi connectivity index (χ1n) is 11.2. The van der Waals surface area contributed by atoms with Crippen molar-refractivity contribution in [1.82, 2.24) is 19.3 Å². The fraction of sp³-hybridized carbons (Fsp3) is 0.185. The van der Waals surface area contributed by atoms with Crippen LogP contribution in [-0.4, -0.2) is 43.2 Å². The molecule has 8 nitrogen and oxygen atoms in total. The van der Waals surface area contributed by atoms with Crippen LogP contribution in [0.4, 0.5) is 0 Å². The van der Waals surface area contributed by atoms with Crippen LogP contribution in [0, 0.1) is 13.8 Å². The summed E-state index contributed by atoms with van der Waals surface area (Å²) in [5, 5.41) is 11.5. The topological polar surface area (TPSA) is 97.0 Å². The molecule has 4 heterocycles. The molecule has 1 atom stereocenters. The molecule has 1 saturated heterocycles. The lowest BCUT2D eigenvalue weighted by molar-refractivity contribution is -0.140. The second-order valence-corrected chi connectivity index (χ2v) is 8.49. The van der Waals surface area contributed by atoms with Crippen molar-refractivity contribution in [3.05, 3.63) is 101 Å². The number of hydrogen-bond donors (Lipinski definition) is 1. The number of Topliss-reactive ketones (excluding diaryl/α,β-unsaturated/α-hetero) is 1. The van der Waals surface area contributed by atoms with Gasteiger partial charge in [0.05, 0.1) is 24.4 Å². The van der Waals surface area contributed by atoms with Crippen molar-refractivity contribution in [3.8, 4) is 5.75 Å². The Morgan fingerprint density at radius 3 is 2.51 bits per heavy atom. The molecular weight excluding hydrogens is 444 g/mol. The van der Waals surface area contributed by atoms with Gasteiger partial charge in [0.25, 0.3) is 11.7 Å². The summed E-state index contributed by atoms with van der Waals surface area (Å²) in [5.41, 5.74) is 4.01. The van der Waals surface area contributed by atoms with Gasteiger partial charge in [-0.1, -0.05) is 24.3 Å². The van der Waals surface area contributed by atoms with E-state index in [1.807, 2.05) is 42.6 Å². The Kier molecular flexibility index (Phi) is 5.56. The van der Waals surface area contributed by atoms with Crippen LogP contribution < -0.4 is 4.74 Å². The first-order valence-corrected chi connectivity index (χ1v) is 11.2. The van der Waals surface area contributed by atoms with Crippen LogP contribution in [0.2, 0.25) is 0 Å². The van der Waals surface area contributed by atoms with Gasteiger partial charge in [-0.25, -0.2) is 4.98 Å². The number of pyridine rings is 2. The van der Waals surface area contributed by atoms with Crippen molar-refractivity contribution in [2.45, 2.75) is 26.4 Å². The van der Waals surface area contributed by atoms with Crippen molar-refractivity contribution >= 4 is 23.1 Å². The Morgan fingerprint density at radius 2 is 1.86 bits per heavy atom. The van der Waals surface area contributed by atoms with Gasteiger partial charge in [-0.15, -0.1) is 0 Å². The molecule has 4 aromatic rings. The number of aliphatic hydroxyl groups is 1. The average Bonchev–Trinajstić information content (AvgIpc) is 3.35. The molecule has 1 amide bonds. The van der Waals surface area contributed by atoms with Crippen LogP contribution in [0.25, 0.3) is 11.4 Å². The molecule has 35 heavy (non-hydrogen) atoms. The number of hydrogen-bond acceptors (Lipinski definition) is 6. The maximum absolute atomic E-state index is 13.3. The first-order chi connectivity index (χ1) is 16.9. The number of imidazole rings is 1. The summed E-state index contributed by atoms with van der Waals surface area (Å²) < 4.78 is 7.13. The predicted molar refractivity (Wildman–Crippen MR) is 130 cm³/mol. The molecule has 0 saturated carbocycles. The summed E-state index contributed by atoms with van der Waals surface area (Å²) in [6.45, 7) is 3.91. The quantitative estimate of drug-likeness (QED) is 0.270. The smallest absolute Gasteiger partial charge is 0.295 e. The number of nitrogens with zero attached hydrogens (tertiary/aromatic N) is 4. The number of fused-ring (bicyclic) bond motifs is 1. The number of aryl methyl sites for hydroxylation is 2. The maximum atomic E-state index is 13.3. The van der Waals surface area contributed by atoms with E-state index >= 15 is 0 Å². The molecule has 8 heteroatoms. The Hall–Kier alpha value is -4.46. The Balaban J connectivity index is 1.70. The minimum Gasteiger partial charge on any atom is -0.505 e. The second-order valence-electron chi connectivity index (χ2n) is 8.49. The summed E-state index contributed by atoms with van der Waals surface area (Å²) in [6, 6.07) is 13.7. The van der Waals surface area contributed by atoms with E-state index in [4.69, 9.17) is 4.74 Å². The largest absolute Gasteiger partial charge is 0.505 e. The number of methoxy groups -OCH3 is 1. The summed E-state index contributed by atoms with van der Waals surface area (Å²) in [5.74, 6) is -1.09. The van der Waals surface area contributed by atoms with Crippen LogP contribution in [0.3, 0.4) is 0 Å². The molecule has 0 spiro atoms. The third-order valence-corrected chi connectivity index (χ3v) is 6.36. The number of likely N-dealkylation sites (tertiary alicyclic amines) is 1. The lowest BCUT2D eigenvalue weighted by Crippen LogP contribution is -2.29. The Bertz CT molecular complexity index is 1470. The predicted octanol–water partition coefficient (Wildman–Crippen LogP) is 3.98. The Morgan fingerprint density at radius 1 is 1.09 bits per heavy atom. The van der Waals surface area contributed by atoms with Gasteiger partial charge in [0, 0.05) is 25.1 Å². The zero-order valence-electron chi connectivity index (χ0n) is 19.6. The van der Waals surface area contributed by atoms with Crippen LogP contribution in [0.1, 0.15) is 34.1 Å². The molecule has 1 fully saturated rings. The van der Waals surface area contributed by atoms with E-state index in [0.29, 0.717) is 22.7 Å². The molecule has 0 radical (unpaired) electrons. The van der Waals surface area contributed by atoms with E-state index < -0.39 is 17.7 Å². The van der Waals surface area contributed by atoms with E-state index in [2.05, 4.69) is 9.97 Å². The Labute approximate surface area is 202 Å². The van der Waals surface area contributed by atoms with E-state index in [0.717, 1.165) is 11.1 Å². The van der Waals surface area contributed by atoms with Crippen LogP contribution in [0.5, 0.6) is 5.75 Å². The third-order valence-electron chi connectivity index (χ3n) is 6.36. The molecular formula is C27H24N4O4. The highest BCUT2D eigenvalue weighted by atomic mass is 16.5. The highest BCUT2D eigenvalue weighted by Gasteiger charge is 2.46. The second kappa shape index (κ2) is 8.72. The number of amides is 1. The number of aliphatic hydroxyl groups excluding tert-OH is 1. The van der Waals surface area contributed by atoms with Gasteiger partial charge in [-0.2, -0.15) is 0 Å². The number of rotatable bonds is 5. The molecule has 5 rings (SSSR count). The molecule has 1 unspecified atom stereocenters. The van der Waals surface area contributed by atoms with Crippen LogP contribution in [0.15, 0.2) is 72.7 Å². The number of aromatic nitrogens is 3. The van der Waals surface area contributed by atoms with Gasteiger partial charge < -0.3 is 19.1 Å². The lowest BCUT2D eigenvalue weighted by atomic mass is 9.96. The maximum Gasteiger partial charge on any atom is 0.295 e. The standard InChI is InChI=1S/C27H24N4O4/c1-16-6-5-13-30-17(2)22(29-26(16)30)24(32)21-23(19-8-10-20(35-3)11-9-19)31(27(34)25(21)33)15-18-7-4-12-28-14-18/h4-14,23,32H,15H2,1-3H3. The van der Waals surface area contributed by atoms with E-state index in [1.54, 1.807) is 49.8 Å². The number of benzene rings is 1. The van der Waals surface area contributed by atoms with Gasteiger partial charge >= 0.3 is 0 Å². The minimum absolute atomic E-state index is 0.00761. The van der Waals surface area contributed by atoms with Crippen molar-refractivity contribution < 1.29 is 19.4 Å². The average molecular weight is 469 g/mol. The van der Waals surface area contributed by atoms with Crippen LogP contribution >= 0.6 is 0 Å². The fourth-order valence-corrected chi connectivity index (χ4v) is 4.54. The summed E-state index contributed by atoms with van der Waals surface area (Å²) in [4.78, 5) is 36.8. The molecule has 1 aliphatic rings. The van der Waals surface area contributed by atoms with Gasteiger partial charge in [0.1, 0.15) is 17.1 Å². The van der Waals surface area contributed by atoms with Crippen LogP contribution in [-0.2, 0) is 16.1 Å².